The van der Waals surface area contributed by atoms with Gasteiger partial charge in [-0.05, 0) is 30.3 Å². The van der Waals surface area contributed by atoms with E-state index in [0.717, 1.165) is 17.0 Å². The lowest BCUT2D eigenvalue weighted by Crippen LogP contribution is -2.03. The molecule has 0 amide bonds. The second-order valence-electron chi connectivity index (χ2n) is 5.64. The first-order valence-corrected chi connectivity index (χ1v) is 9.10. The highest BCUT2D eigenvalue weighted by molar-refractivity contribution is 7.15. The van der Waals surface area contributed by atoms with Crippen LogP contribution < -0.4 is 4.74 Å². The zero-order valence-electron chi connectivity index (χ0n) is 14.2. The molecule has 3 aromatic rings. The Kier molecular flexibility index (Phi) is 6.04. The molecule has 0 saturated heterocycles. The molecule has 3 rings (SSSR count). The third kappa shape index (κ3) is 5.00. The fraction of sp³-hybridized carbons (Fsp3) is 0.211. The number of benzene rings is 2. The van der Waals surface area contributed by atoms with Crippen LogP contribution in [0, 0.1) is 0 Å². The number of nitrogens with zero attached hydrogens (tertiary/aromatic N) is 1. The summed E-state index contributed by atoms with van der Waals surface area (Å²) in [6.45, 7) is 0.544. The van der Waals surface area contributed by atoms with Crippen LogP contribution in [0.15, 0.2) is 48.5 Å². The van der Waals surface area contributed by atoms with E-state index >= 15 is 0 Å². The summed E-state index contributed by atoms with van der Waals surface area (Å²) >= 11 is 7.31. The van der Waals surface area contributed by atoms with Gasteiger partial charge in [-0.3, -0.25) is 0 Å². The van der Waals surface area contributed by atoms with Crippen LogP contribution in [0.4, 0.5) is 13.2 Å². The highest BCUT2D eigenvalue weighted by Crippen LogP contribution is 2.33. The second-order valence-corrected chi connectivity index (χ2v) is 7.16. The van der Waals surface area contributed by atoms with Crippen molar-refractivity contribution in [1.29, 1.82) is 0 Å². The van der Waals surface area contributed by atoms with Crippen LogP contribution >= 0.6 is 22.9 Å². The van der Waals surface area contributed by atoms with Gasteiger partial charge in [0, 0.05) is 17.7 Å². The summed E-state index contributed by atoms with van der Waals surface area (Å²) in [5.74, 6) is 0.621. The summed E-state index contributed by atoms with van der Waals surface area (Å²) in [4.78, 5) is 5.34. The average Bonchev–Trinajstić information content (AvgIpc) is 3.03. The number of rotatable bonds is 6. The molecule has 3 nitrogen and oxygen atoms in total. The summed E-state index contributed by atoms with van der Waals surface area (Å²) in [6.07, 6.45) is -4.36. The van der Waals surface area contributed by atoms with Crippen LogP contribution in [0.2, 0.25) is 5.02 Å². The number of ether oxygens (including phenoxy) is 2. The van der Waals surface area contributed by atoms with Gasteiger partial charge in [0.1, 0.15) is 17.4 Å². The lowest BCUT2D eigenvalue weighted by Gasteiger charge is -2.06. The van der Waals surface area contributed by atoms with Gasteiger partial charge < -0.3 is 9.47 Å². The van der Waals surface area contributed by atoms with Gasteiger partial charge in [0.05, 0.1) is 22.7 Å². The van der Waals surface area contributed by atoms with Crippen molar-refractivity contribution in [1.82, 2.24) is 4.98 Å². The summed E-state index contributed by atoms with van der Waals surface area (Å²) in [5, 5.41) is 1.18. The molecule has 142 valence electrons. The van der Waals surface area contributed by atoms with E-state index in [-0.39, 0.29) is 13.2 Å². The van der Waals surface area contributed by atoms with Crippen molar-refractivity contribution < 1.29 is 22.6 Å². The number of thiazole rings is 1. The summed E-state index contributed by atoms with van der Waals surface area (Å²) in [6, 6.07) is 12.0. The molecule has 0 bridgehead atoms. The SMILES string of the molecule is COCc1nc(-c2ccc(C(F)(F)F)cc2)sc1COc1cccc(Cl)c1. The Morgan fingerprint density at radius 2 is 1.81 bits per heavy atom. The molecule has 0 spiro atoms. The third-order valence-electron chi connectivity index (χ3n) is 3.68. The summed E-state index contributed by atoms with van der Waals surface area (Å²) in [5.41, 5.74) is 0.614. The zero-order chi connectivity index (χ0) is 19.4. The van der Waals surface area contributed by atoms with Crippen molar-refractivity contribution >= 4 is 22.9 Å². The molecule has 0 N–H and O–H groups in total. The van der Waals surface area contributed by atoms with Crippen LogP contribution in [0.3, 0.4) is 0 Å². The molecule has 0 saturated carbocycles. The maximum absolute atomic E-state index is 12.7. The van der Waals surface area contributed by atoms with Crippen LogP contribution in [0.25, 0.3) is 10.6 Å². The number of alkyl halides is 3. The van der Waals surface area contributed by atoms with Gasteiger partial charge in [0.2, 0.25) is 0 Å². The maximum atomic E-state index is 12.7. The molecule has 0 aliphatic carbocycles. The zero-order valence-corrected chi connectivity index (χ0v) is 15.8. The van der Waals surface area contributed by atoms with E-state index in [1.807, 2.05) is 0 Å². The minimum atomic E-state index is -4.36. The normalized spacial score (nSPS) is 11.6. The lowest BCUT2D eigenvalue weighted by atomic mass is 10.1. The highest BCUT2D eigenvalue weighted by atomic mass is 35.5. The number of methoxy groups -OCH3 is 1. The fourth-order valence-electron chi connectivity index (χ4n) is 2.38. The van der Waals surface area contributed by atoms with Gasteiger partial charge in [-0.15, -0.1) is 11.3 Å². The summed E-state index contributed by atoms with van der Waals surface area (Å²) < 4.78 is 49.1. The third-order valence-corrected chi connectivity index (χ3v) is 5.04. The summed E-state index contributed by atoms with van der Waals surface area (Å²) in [7, 11) is 1.55. The van der Waals surface area contributed by atoms with Crippen LogP contribution in [0.1, 0.15) is 16.1 Å². The molecule has 1 aromatic heterocycles. The van der Waals surface area contributed by atoms with Crippen molar-refractivity contribution in [3.8, 4) is 16.3 Å². The molecule has 27 heavy (non-hydrogen) atoms. The smallest absolute Gasteiger partial charge is 0.416 e. The lowest BCUT2D eigenvalue weighted by molar-refractivity contribution is -0.137. The molecule has 0 unspecified atom stereocenters. The number of aromatic nitrogens is 1. The van der Waals surface area contributed by atoms with E-state index in [2.05, 4.69) is 4.98 Å². The van der Waals surface area contributed by atoms with E-state index in [4.69, 9.17) is 21.1 Å². The largest absolute Gasteiger partial charge is 0.488 e. The van der Waals surface area contributed by atoms with E-state index < -0.39 is 11.7 Å². The predicted molar refractivity (Wildman–Crippen MR) is 99.0 cm³/mol. The van der Waals surface area contributed by atoms with E-state index in [9.17, 15) is 13.2 Å². The molecule has 8 heteroatoms. The first kappa shape index (κ1) is 19.7. The Hall–Kier alpha value is -2.09. The van der Waals surface area contributed by atoms with E-state index in [0.29, 0.717) is 27.0 Å². The fourth-order valence-corrected chi connectivity index (χ4v) is 3.54. The Balaban J connectivity index is 1.82. The predicted octanol–water partition coefficient (Wildman–Crippen LogP) is 6.21. The van der Waals surface area contributed by atoms with Gasteiger partial charge in [0.25, 0.3) is 0 Å². The molecule has 0 atom stereocenters. The number of hydrogen-bond donors (Lipinski definition) is 0. The topological polar surface area (TPSA) is 31.4 Å². The Morgan fingerprint density at radius 1 is 1.07 bits per heavy atom. The molecule has 0 aliphatic rings. The standard InChI is InChI=1S/C19H15ClF3NO2S/c1-25-10-16-17(11-26-15-4-2-3-14(20)9-15)27-18(24-16)12-5-7-13(8-6-12)19(21,22)23/h2-9H,10-11H2,1H3. The highest BCUT2D eigenvalue weighted by Gasteiger charge is 2.30. The molecule has 0 fully saturated rings. The van der Waals surface area contributed by atoms with Gasteiger partial charge >= 0.3 is 6.18 Å². The molecule has 0 radical (unpaired) electrons. The van der Waals surface area contributed by atoms with Crippen molar-refractivity contribution in [2.75, 3.05) is 7.11 Å². The quantitative estimate of drug-likeness (QED) is 0.481. The van der Waals surface area contributed by atoms with Crippen molar-refractivity contribution in [3.05, 3.63) is 69.7 Å². The van der Waals surface area contributed by atoms with E-state index in [1.54, 1.807) is 31.4 Å². The maximum Gasteiger partial charge on any atom is 0.416 e. The number of halogens is 4. The molecule has 2 aromatic carbocycles. The van der Waals surface area contributed by atoms with Crippen molar-refractivity contribution in [3.63, 3.8) is 0 Å². The Labute approximate surface area is 163 Å². The second kappa shape index (κ2) is 8.29. The van der Waals surface area contributed by atoms with Crippen LogP contribution in [0.5, 0.6) is 5.75 Å². The van der Waals surface area contributed by atoms with Gasteiger partial charge in [-0.1, -0.05) is 29.8 Å². The van der Waals surface area contributed by atoms with E-state index in [1.165, 1.54) is 23.5 Å². The van der Waals surface area contributed by atoms with Gasteiger partial charge in [0.15, 0.2) is 0 Å². The molecular formula is C19H15ClF3NO2S. The first-order valence-electron chi connectivity index (χ1n) is 7.90. The van der Waals surface area contributed by atoms with Gasteiger partial charge in [-0.25, -0.2) is 4.98 Å². The van der Waals surface area contributed by atoms with Crippen LogP contribution in [-0.2, 0) is 24.1 Å². The minimum absolute atomic E-state index is 0.261. The number of hydrogen-bond acceptors (Lipinski definition) is 4. The Bertz CT molecular complexity index is 910. The van der Waals surface area contributed by atoms with Crippen molar-refractivity contribution in [2.45, 2.75) is 19.4 Å². The van der Waals surface area contributed by atoms with Crippen LogP contribution in [-0.4, -0.2) is 12.1 Å². The molecule has 1 heterocycles. The van der Waals surface area contributed by atoms with Crippen molar-refractivity contribution in [2.24, 2.45) is 0 Å². The minimum Gasteiger partial charge on any atom is -0.488 e. The first-order chi connectivity index (χ1) is 12.9. The average molecular weight is 414 g/mol. The molecular weight excluding hydrogens is 399 g/mol. The Morgan fingerprint density at radius 3 is 2.44 bits per heavy atom. The molecule has 0 aliphatic heterocycles. The van der Waals surface area contributed by atoms with Gasteiger partial charge in [-0.2, -0.15) is 13.2 Å². The monoisotopic (exact) mass is 413 g/mol.